The van der Waals surface area contributed by atoms with Crippen molar-refractivity contribution in [2.45, 2.75) is 14.4 Å². The van der Waals surface area contributed by atoms with Gasteiger partial charge in [-0.25, -0.2) is 0 Å². The molecular formula is C17H18. The van der Waals surface area contributed by atoms with E-state index in [9.17, 15) is 0 Å². The molecule has 2 rings (SSSR count). The largest absolute Gasteiger partial charge is 0.128 e. The van der Waals surface area contributed by atoms with E-state index >= 15 is 0 Å². The van der Waals surface area contributed by atoms with E-state index in [4.69, 9.17) is 0 Å². The Balaban J connectivity index is 0.00000144. The summed E-state index contributed by atoms with van der Waals surface area (Å²) < 4.78 is 0. The molecule has 0 amide bonds. The van der Waals surface area contributed by atoms with Crippen molar-refractivity contribution in [2.75, 3.05) is 0 Å². The van der Waals surface area contributed by atoms with E-state index in [1.807, 2.05) is 12.1 Å². The third-order valence-electron chi connectivity index (χ3n) is 2.65. The molecule has 2 aromatic carbocycles. The minimum Gasteiger partial charge on any atom is -0.128 e. The fourth-order valence-electron chi connectivity index (χ4n) is 1.85. The maximum absolute atomic E-state index is 3.63. The Bertz CT molecular complexity index is 543. The quantitative estimate of drug-likeness (QED) is 0.620. The van der Waals surface area contributed by atoms with E-state index in [1.165, 1.54) is 16.7 Å². The van der Waals surface area contributed by atoms with Crippen LogP contribution in [0.5, 0.6) is 0 Å². The van der Waals surface area contributed by atoms with Gasteiger partial charge >= 0.3 is 0 Å². The van der Waals surface area contributed by atoms with Gasteiger partial charge in [-0.1, -0.05) is 62.5 Å². The van der Waals surface area contributed by atoms with Gasteiger partial charge in [0.25, 0.3) is 0 Å². The van der Waals surface area contributed by atoms with E-state index in [0.29, 0.717) is 0 Å². The highest BCUT2D eigenvalue weighted by Gasteiger charge is 2.03. The molecule has 0 spiro atoms. The summed E-state index contributed by atoms with van der Waals surface area (Å²) in [4.78, 5) is 0. The summed E-state index contributed by atoms with van der Waals surface area (Å²) in [6, 6.07) is 16.7. The van der Waals surface area contributed by atoms with Crippen LogP contribution in [0.3, 0.4) is 0 Å². The first-order valence-electron chi connectivity index (χ1n) is 5.34. The summed E-state index contributed by atoms with van der Waals surface area (Å²) in [6.07, 6.45) is 1.92. The van der Waals surface area contributed by atoms with Crippen molar-refractivity contribution in [1.29, 1.82) is 0 Å². The van der Waals surface area contributed by atoms with Crippen molar-refractivity contribution >= 4 is 6.08 Å². The van der Waals surface area contributed by atoms with Crippen LogP contribution in [0.1, 0.15) is 18.6 Å². The molecule has 0 nitrogen and oxygen atoms in total. The second kappa shape index (κ2) is 5.89. The summed E-state index contributed by atoms with van der Waals surface area (Å²) in [5.74, 6) is 0. The second-order valence-corrected chi connectivity index (χ2v) is 3.75. The smallest absolute Gasteiger partial charge is 0.0101 e. The van der Waals surface area contributed by atoms with Crippen molar-refractivity contribution in [2.24, 2.45) is 0 Å². The predicted octanol–water partition coefficient (Wildman–Crippen LogP) is 5.10. The fourth-order valence-corrected chi connectivity index (χ4v) is 1.85. The van der Waals surface area contributed by atoms with Gasteiger partial charge in [0.1, 0.15) is 0 Å². The highest BCUT2D eigenvalue weighted by molar-refractivity contribution is 5.76. The second-order valence-electron chi connectivity index (χ2n) is 3.75. The zero-order chi connectivity index (χ0) is 11.4. The molecule has 0 aliphatic rings. The van der Waals surface area contributed by atoms with Gasteiger partial charge in [0, 0.05) is 0 Å². The third kappa shape index (κ3) is 2.75. The van der Waals surface area contributed by atoms with Crippen molar-refractivity contribution in [1.82, 2.24) is 0 Å². The van der Waals surface area contributed by atoms with Gasteiger partial charge in [-0.15, -0.1) is 5.73 Å². The molecule has 0 heterocycles. The van der Waals surface area contributed by atoms with Crippen LogP contribution < -0.4 is 0 Å². The molecule has 0 fully saturated rings. The Morgan fingerprint density at radius 1 is 0.941 bits per heavy atom. The lowest BCUT2D eigenvalue weighted by atomic mass is 9.96. The molecule has 0 aliphatic carbocycles. The van der Waals surface area contributed by atoms with Crippen molar-refractivity contribution in [3.8, 4) is 11.1 Å². The summed E-state index contributed by atoms with van der Waals surface area (Å²) >= 11 is 0. The molecule has 0 aromatic heterocycles. The highest BCUT2D eigenvalue weighted by Crippen LogP contribution is 2.27. The van der Waals surface area contributed by atoms with E-state index in [0.717, 1.165) is 5.56 Å². The number of hydrogen-bond donors (Lipinski definition) is 0. The highest BCUT2D eigenvalue weighted by atomic mass is 14.1. The van der Waals surface area contributed by atoms with Crippen LogP contribution in [0.4, 0.5) is 0 Å². The van der Waals surface area contributed by atoms with Gasteiger partial charge in [0.2, 0.25) is 0 Å². The predicted molar refractivity (Wildman–Crippen MR) is 77.0 cm³/mol. The molecule has 0 atom stereocenters. The lowest BCUT2D eigenvalue weighted by Gasteiger charge is -2.08. The SMILES string of the molecule is C.C=C=Cc1ccccc1-c1ccccc1C. The van der Waals surface area contributed by atoms with Gasteiger partial charge in [-0.3, -0.25) is 0 Å². The summed E-state index contributed by atoms with van der Waals surface area (Å²) in [7, 11) is 0. The monoisotopic (exact) mass is 222 g/mol. The van der Waals surface area contributed by atoms with Crippen LogP contribution in [0.15, 0.2) is 60.8 Å². The van der Waals surface area contributed by atoms with Gasteiger partial charge in [0.05, 0.1) is 0 Å². The van der Waals surface area contributed by atoms with Gasteiger partial charge in [0.15, 0.2) is 0 Å². The molecule has 0 unspecified atom stereocenters. The van der Waals surface area contributed by atoms with Gasteiger partial charge in [-0.05, 0) is 35.3 Å². The van der Waals surface area contributed by atoms with E-state index < -0.39 is 0 Å². The Morgan fingerprint density at radius 3 is 2.18 bits per heavy atom. The first-order valence-corrected chi connectivity index (χ1v) is 5.34. The standard InChI is InChI=1S/C16H14.CH4/c1-3-8-14-10-5-7-12-16(14)15-11-6-4-9-13(15)2;/h4-12H,1H2,2H3;1H4. The minimum absolute atomic E-state index is 0. The summed E-state index contributed by atoms with van der Waals surface area (Å²) in [6.45, 7) is 5.76. The van der Waals surface area contributed by atoms with Gasteiger partial charge < -0.3 is 0 Å². The number of hydrogen-bond acceptors (Lipinski definition) is 0. The maximum Gasteiger partial charge on any atom is -0.0101 e. The topological polar surface area (TPSA) is 0 Å². The fraction of sp³-hybridized carbons (Fsp3) is 0.118. The maximum atomic E-state index is 3.63. The number of rotatable bonds is 2. The number of benzene rings is 2. The number of aryl methyl sites for hydroxylation is 1. The molecule has 0 saturated heterocycles. The van der Waals surface area contributed by atoms with E-state index in [1.54, 1.807) is 0 Å². The molecule has 2 aromatic rings. The average Bonchev–Trinajstić information content (AvgIpc) is 2.31. The summed E-state index contributed by atoms with van der Waals surface area (Å²) in [5.41, 5.74) is 7.78. The van der Waals surface area contributed by atoms with Crippen molar-refractivity contribution in [3.63, 3.8) is 0 Å². The molecule has 86 valence electrons. The van der Waals surface area contributed by atoms with E-state index in [-0.39, 0.29) is 7.43 Å². The lowest BCUT2D eigenvalue weighted by molar-refractivity contribution is 1.45. The van der Waals surface area contributed by atoms with Crippen LogP contribution in [0, 0.1) is 6.92 Å². The molecule has 0 aliphatic heterocycles. The van der Waals surface area contributed by atoms with Crippen LogP contribution in [-0.4, -0.2) is 0 Å². The first-order chi connectivity index (χ1) is 7.83. The Kier molecular flexibility index (Phi) is 4.51. The molecular weight excluding hydrogens is 204 g/mol. The first kappa shape index (κ1) is 13.0. The summed E-state index contributed by atoms with van der Waals surface area (Å²) in [5, 5.41) is 0. The van der Waals surface area contributed by atoms with Crippen LogP contribution in [0.25, 0.3) is 17.2 Å². The molecule has 0 bridgehead atoms. The van der Waals surface area contributed by atoms with Crippen LogP contribution in [-0.2, 0) is 0 Å². The molecule has 0 N–H and O–H groups in total. The van der Waals surface area contributed by atoms with Crippen LogP contribution in [0.2, 0.25) is 0 Å². The molecule has 0 heteroatoms. The Morgan fingerprint density at radius 2 is 1.53 bits per heavy atom. The van der Waals surface area contributed by atoms with Crippen LogP contribution >= 0.6 is 0 Å². The normalized spacial score (nSPS) is 9.00. The third-order valence-corrected chi connectivity index (χ3v) is 2.65. The van der Waals surface area contributed by atoms with E-state index in [2.05, 4.69) is 61.7 Å². The lowest BCUT2D eigenvalue weighted by Crippen LogP contribution is -1.85. The Labute approximate surface area is 104 Å². The minimum atomic E-state index is 0. The Hall–Kier alpha value is -2.04. The van der Waals surface area contributed by atoms with Crippen molar-refractivity contribution < 1.29 is 0 Å². The average molecular weight is 222 g/mol. The zero-order valence-corrected chi connectivity index (χ0v) is 9.40. The molecule has 0 radical (unpaired) electrons. The van der Waals surface area contributed by atoms with Gasteiger partial charge in [-0.2, -0.15) is 0 Å². The zero-order valence-electron chi connectivity index (χ0n) is 9.40. The molecule has 0 saturated carbocycles. The van der Waals surface area contributed by atoms with Crippen molar-refractivity contribution in [3.05, 3.63) is 72.0 Å². The molecule has 17 heavy (non-hydrogen) atoms.